The molecule has 1 spiro atoms. The molecule has 1 amide bonds. The highest BCUT2D eigenvalue weighted by Gasteiger charge is 2.46. The summed E-state index contributed by atoms with van der Waals surface area (Å²) in [6.07, 6.45) is 2.06. The maximum atomic E-state index is 13.8. The van der Waals surface area contributed by atoms with Crippen LogP contribution in [0, 0.1) is 0 Å². The van der Waals surface area contributed by atoms with E-state index in [1.54, 1.807) is 7.11 Å². The molecule has 0 aliphatic carbocycles. The quantitative estimate of drug-likeness (QED) is 0.371. The van der Waals surface area contributed by atoms with Gasteiger partial charge in [-0.15, -0.1) is 0 Å². The molecule has 0 bridgehead atoms. The fourth-order valence-electron chi connectivity index (χ4n) is 5.84. The molecule has 4 heteroatoms. The van der Waals surface area contributed by atoms with E-state index >= 15 is 0 Å². The lowest BCUT2D eigenvalue weighted by atomic mass is 9.74. The molecule has 0 N–H and O–H groups in total. The van der Waals surface area contributed by atoms with Gasteiger partial charge in [0.05, 0.1) is 7.11 Å². The number of methoxy groups -OCH3 is 1. The molecule has 2 aliphatic heterocycles. The maximum Gasteiger partial charge on any atom is 0.258 e. The lowest BCUT2D eigenvalue weighted by molar-refractivity contribution is 0.0975. The molecule has 0 saturated carbocycles. The monoisotopic (exact) mass is 462 g/mol. The van der Waals surface area contributed by atoms with E-state index in [0.29, 0.717) is 0 Å². The maximum absolute atomic E-state index is 13.8. The van der Waals surface area contributed by atoms with Gasteiger partial charge < -0.3 is 9.64 Å². The second-order valence-electron chi connectivity index (χ2n) is 9.88. The van der Waals surface area contributed by atoms with Gasteiger partial charge in [0.2, 0.25) is 0 Å². The van der Waals surface area contributed by atoms with Crippen LogP contribution in [0.5, 0.6) is 5.75 Å². The number of fused-ring (bicyclic) bond motifs is 3. The van der Waals surface area contributed by atoms with Gasteiger partial charge in [-0.2, -0.15) is 0 Å². The Morgan fingerprint density at radius 2 is 1.60 bits per heavy atom. The number of benzene rings is 4. The van der Waals surface area contributed by atoms with Gasteiger partial charge in [-0.25, -0.2) is 0 Å². The van der Waals surface area contributed by atoms with Gasteiger partial charge in [-0.3, -0.25) is 9.69 Å². The number of amides is 1. The summed E-state index contributed by atoms with van der Waals surface area (Å²) in [6.45, 7) is 3.73. The Bertz CT molecular complexity index is 1370. The van der Waals surface area contributed by atoms with E-state index in [0.717, 1.165) is 66.8 Å². The highest BCUT2D eigenvalue weighted by molar-refractivity contribution is 6.09. The topological polar surface area (TPSA) is 32.8 Å². The van der Waals surface area contributed by atoms with Crippen LogP contribution in [-0.2, 0) is 12.0 Å². The van der Waals surface area contributed by atoms with Crippen molar-refractivity contribution in [2.75, 3.05) is 31.6 Å². The second kappa shape index (κ2) is 8.86. The third-order valence-corrected chi connectivity index (χ3v) is 7.83. The molecule has 4 aromatic carbocycles. The van der Waals surface area contributed by atoms with Gasteiger partial charge in [0, 0.05) is 29.8 Å². The van der Waals surface area contributed by atoms with Crippen LogP contribution >= 0.6 is 0 Å². The highest BCUT2D eigenvalue weighted by Crippen LogP contribution is 2.48. The standard InChI is InChI=1S/C31H30N2O2/c1-35-27-13-14-29-28(20-27)31(15-17-32(18-16-31)21-23-7-3-2-4-8-23)22-33(29)30(34)26-12-11-24-9-5-6-10-25(24)19-26/h2-14,19-20H,15-18,21-22H2,1H3. The molecule has 4 nitrogen and oxygen atoms in total. The van der Waals surface area contributed by atoms with Crippen LogP contribution in [0.3, 0.4) is 0 Å². The molecule has 2 heterocycles. The predicted molar refractivity (Wildman–Crippen MR) is 141 cm³/mol. The van der Waals surface area contributed by atoms with Crippen molar-refractivity contribution >= 4 is 22.4 Å². The van der Waals surface area contributed by atoms with Crippen molar-refractivity contribution in [2.45, 2.75) is 24.8 Å². The minimum absolute atomic E-state index is 0.0381. The lowest BCUT2D eigenvalue weighted by Crippen LogP contribution is -2.45. The Morgan fingerprint density at radius 1 is 0.857 bits per heavy atom. The molecule has 6 rings (SSSR count). The van der Waals surface area contributed by atoms with Crippen LogP contribution in [0.4, 0.5) is 5.69 Å². The Kier molecular flexibility index (Phi) is 5.54. The summed E-state index contributed by atoms with van der Waals surface area (Å²) >= 11 is 0. The normalized spacial score (nSPS) is 17.0. The van der Waals surface area contributed by atoms with Crippen molar-refractivity contribution in [1.29, 1.82) is 0 Å². The molecular formula is C31H30N2O2. The van der Waals surface area contributed by atoms with Gasteiger partial charge in [-0.05, 0) is 78.2 Å². The molecule has 1 fully saturated rings. The zero-order chi connectivity index (χ0) is 23.8. The molecule has 2 aliphatic rings. The van der Waals surface area contributed by atoms with Crippen molar-refractivity contribution < 1.29 is 9.53 Å². The van der Waals surface area contributed by atoms with Gasteiger partial charge in [0.25, 0.3) is 5.91 Å². The smallest absolute Gasteiger partial charge is 0.258 e. The SMILES string of the molecule is COc1ccc2c(c1)C1(CCN(Cc3ccccc3)CC1)CN2C(=O)c1ccc2ccccc2c1. The van der Waals surface area contributed by atoms with Gasteiger partial charge in [0.15, 0.2) is 0 Å². The van der Waals surface area contributed by atoms with Gasteiger partial charge in [-0.1, -0.05) is 60.7 Å². The Morgan fingerprint density at radius 3 is 2.37 bits per heavy atom. The number of rotatable bonds is 4. The third-order valence-electron chi connectivity index (χ3n) is 7.83. The summed E-state index contributed by atoms with van der Waals surface area (Å²) in [4.78, 5) is 18.4. The first-order valence-electron chi connectivity index (χ1n) is 12.4. The Balaban J connectivity index is 1.29. The van der Waals surface area contributed by atoms with Crippen LogP contribution in [0.15, 0.2) is 91.0 Å². The highest BCUT2D eigenvalue weighted by atomic mass is 16.5. The molecule has 0 atom stereocenters. The number of likely N-dealkylation sites (tertiary alicyclic amines) is 1. The molecular weight excluding hydrogens is 432 g/mol. The van der Waals surface area contributed by atoms with E-state index in [1.807, 2.05) is 41.3 Å². The summed E-state index contributed by atoms with van der Waals surface area (Å²) in [5.74, 6) is 0.931. The number of hydrogen-bond donors (Lipinski definition) is 0. The van der Waals surface area contributed by atoms with E-state index in [-0.39, 0.29) is 11.3 Å². The first kappa shape index (κ1) is 21.9. The molecule has 0 aromatic heterocycles. The van der Waals surface area contributed by atoms with Crippen LogP contribution in [0.1, 0.15) is 34.3 Å². The number of nitrogens with zero attached hydrogens (tertiary/aromatic N) is 2. The number of hydrogen-bond acceptors (Lipinski definition) is 3. The first-order chi connectivity index (χ1) is 17.1. The summed E-state index contributed by atoms with van der Waals surface area (Å²) in [5, 5.41) is 2.24. The third kappa shape index (κ3) is 3.98. The zero-order valence-corrected chi connectivity index (χ0v) is 20.1. The number of piperidine rings is 1. The molecule has 176 valence electrons. The number of ether oxygens (including phenoxy) is 1. The average Bonchev–Trinajstić information content (AvgIpc) is 3.23. The van der Waals surface area contributed by atoms with E-state index in [9.17, 15) is 4.79 Å². The average molecular weight is 463 g/mol. The van der Waals surface area contributed by atoms with E-state index < -0.39 is 0 Å². The lowest BCUT2D eigenvalue weighted by Gasteiger charge is -2.40. The number of carbonyl (C=O) groups is 1. The Labute approximate surface area is 206 Å². The van der Waals surface area contributed by atoms with Crippen LogP contribution in [-0.4, -0.2) is 37.6 Å². The summed E-state index contributed by atoms with van der Waals surface area (Å²) in [6, 6.07) is 31.1. The molecule has 35 heavy (non-hydrogen) atoms. The van der Waals surface area contributed by atoms with Crippen LogP contribution in [0.2, 0.25) is 0 Å². The fourth-order valence-corrected chi connectivity index (χ4v) is 5.84. The molecule has 1 saturated heterocycles. The minimum atomic E-state index is -0.0381. The summed E-state index contributed by atoms with van der Waals surface area (Å²) < 4.78 is 5.59. The number of carbonyl (C=O) groups excluding carboxylic acids is 1. The minimum Gasteiger partial charge on any atom is -0.497 e. The zero-order valence-electron chi connectivity index (χ0n) is 20.1. The van der Waals surface area contributed by atoms with Crippen molar-refractivity contribution in [3.05, 3.63) is 108 Å². The van der Waals surface area contributed by atoms with Crippen LogP contribution in [0.25, 0.3) is 10.8 Å². The number of anilines is 1. The fraction of sp³-hybridized carbons (Fsp3) is 0.258. The molecule has 4 aromatic rings. The van der Waals surface area contributed by atoms with Crippen molar-refractivity contribution in [3.63, 3.8) is 0 Å². The largest absolute Gasteiger partial charge is 0.497 e. The second-order valence-corrected chi connectivity index (χ2v) is 9.88. The van der Waals surface area contributed by atoms with Crippen LogP contribution < -0.4 is 9.64 Å². The van der Waals surface area contributed by atoms with Crippen molar-refractivity contribution in [3.8, 4) is 5.75 Å². The van der Waals surface area contributed by atoms with Crippen molar-refractivity contribution in [2.24, 2.45) is 0 Å². The first-order valence-corrected chi connectivity index (χ1v) is 12.4. The van der Waals surface area contributed by atoms with E-state index in [1.165, 1.54) is 11.1 Å². The molecule has 0 unspecified atom stereocenters. The van der Waals surface area contributed by atoms with Crippen molar-refractivity contribution in [1.82, 2.24) is 4.90 Å². The summed E-state index contributed by atoms with van der Waals surface area (Å²) in [7, 11) is 1.71. The predicted octanol–water partition coefficient (Wildman–Crippen LogP) is 6.04. The van der Waals surface area contributed by atoms with E-state index in [4.69, 9.17) is 4.74 Å². The Hall–Kier alpha value is -3.63. The van der Waals surface area contributed by atoms with Gasteiger partial charge in [0.1, 0.15) is 5.75 Å². The summed E-state index contributed by atoms with van der Waals surface area (Å²) in [5.41, 5.74) is 4.34. The van der Waals surface area contributed by atoms with E-state index in [2.05, 4.69) is 59.5 Å². The van der Waals surface area contributed by atoms with Gasteiger partial charge >= 0.3 is 0 Å². The molecule has 0 radical (unpaired) electrons.